The van der Waals surface area contributed by atoms with E-state index >= 15 is 0 Å². The molecule has 11 heteroatoms. The fourth-order valence-electron chi connectivity index (χ4n) is 4.13. The average molecular weight is 523 g/mol. The summed E-state index contributed by atoms with van der Waals surface area (Å²) in [4.78, 5) is 26.4. The number of amides is 1. The van der Waals surface area contributed by atoms with Crippen molar-refractivity contribution in [1.82, 2.24) is 35.8 Å². The van der Waals surface area contributed by atoms with Gasteiger partial charge in [-0.25, -0.2) is 15.0 Å². The largest absolute Gasteiger partial charge is 0.382 e. The number of rotatable bonds is 6. The molecule has 1 aliphatic rings. The first-order valence-electron chi connectivity index (χ1n) is 11.6. The van der Waals surface area contributed by atoms with E-state index in [1.54, 1.807) is 42.6 Å². The van der Waals surface area contributed by atoms with Crippen LogP contribution in [0.5, 0.6) is 0 Å². The number of piperidine rings is 1. The number of hydrogen-bond acceptors (Lipinski definition) is 7. The third-order valence-corrected chi connectivity index (χ3v) is 6.67. The van der Waals surface area contributed by atoms with Crippen LogP contribution in [0.2, 0.25) is 10.0 Å². The number of hydrogen-bond donors (Lipinski definition) is 4. The van der Waals surface area contributed by atoms with Crippen molar-refractivity contribution in [1.29, 1.82) is 0 Å². The molecular weight excluding hydrogens is 499 g/mol. The number of carbonyl (C=O) groups excluding carboxylic acids is 1. The predicted molar refractivity (Wildman–Crippen MR) is 140 cm³/mol. The van der Waals surface area contributed by atoms with Crippen LogP contribution in [0.15, 0.2) is 48.7 Å². The maximum absolute atomic E-state index is 12.8. The Balaban J connectivity index is 1.35. The molecule has 1 amide bonds. The summed E-state index contributed by atoms with van der Waals surface area (Å²) in [6, 6.07) is 12.2. The normalized spacial score (nSPS) is 15.6. The highest BCUT2D eigenvalue weighted by molar-refractivity contribution is 6.33. The number of benzene rings is 2. The smallest absolute Gasteiger partial charge is 0.251 e. The Labute approximate surface area is 217 Å². The summed E-state index contributed by atoms with van der Waals surface area (Å²) in [5.74, 6) is 1.46. The van der Waals surface area contributed by atoms with E-state index in [-0.39, 0.29) is 24.2 Å². The Bertz CT molecular complexity index is 1400. The zero-order chi connectivity index (χ0) is 25.1. The molecule has 1 atom stereocenters. The molecular formula is C25H24Cl2N8O. The maximum Gasteiger partial charge on any atom is 0.251 e. The van der Waals surface area contributed by atoms with Crippen molar-refractivity contribution in [2.75, 3.05) is 18.8 Å². The van der Waals surface area contributed by atoms with Crippen LogP contribution >= 0.6 is 23.2 Å². The monoisotopic (exact) mass is 522 g/mol. The Morgan fingerprint density at radius 1 is 1.17 bits per heavy atom. The highest BCUT2D eigenvalue weighted by Gasteiger charge is 2.21. The molecule has 5 rings (SSSR count). The van der Waals surface area contributed by atoms with Crippen LogP contribution in [0.1, 0.15) is 40.5 Å². The molecule has 0 bridgehead atoms. The molecule has 1 aliphatic heterocycles. The lowest BCUT2D eigenvalue weighted by molar-refractivity contribution is 0.0951. The summed E-state index contributed by atoms with van der Waals surface area (Å²) in [6.07, 6.45) is 3.70. The molecule has 0 spiro atoms. The molecule has 3 heterocycles. The van der Waals surface area contributed by atoms with Gasteiger partial charge in [0.25, 0.3) is 5.91 Å². The van der Waals surface area contributed by atoms with Crippen molar-refractivity contribution in [3.8, 4) is 22.8 Å². The average Bonchev–Trinajstić information content (AvgIpc) is 3.40. The quantitative estimate of drug-likeness (QED) is 0.297. The van der Waals surface area contributed by atoms with E-state index in [2.05, 4.69) is 35.8 Å². The van der Waals surface area contributed by atoms with Crippen LogP contribution in [-0.4, -0.2) is 44.1 Å². The number of nitrogens with two attached hydrogens (primary N) is 1. The molecule has 0 saturated carbocycles. The van der Waals surface area contributed by atoms with E-state index in [0.717, 1.165) is 37.3 Å². The second-order valence-electron chi connectivity index (χ2n) is 8.58. The zero-order valence-corrected chi connectivity index (χ0v) is 20.8. The fourth-order valence-corrected chi connectivity index (χ4v) is 4.51. The minimum absolute atomic E-state index is 0.235. The lowest BCUT2D eigenvalue weighted by atomic mass is 9.99. The first kappa shape index (κ1) is 24.2. The molecule has 0 aliphatic carbocycles. The molecule has 5 N–H and O–H groups in total. The van der Waals surface area contributed by atoms with Crippen molar-refractivity contribution in [2.45, 2.75) is 25.3 Å². The van der Waals surface area contributed by atoms with E-state index in [1.807, 2.05) is 6.07 Å². The lowest BCUT2D eigenvalue weighted by Crippen LogP contribution is -2.28. The van der Waals surface area contributed by atoms with Crippen LogP contribution in [0.3, 0.4) is 0 Å². The number of nitrogen functional groups attached to an aromatic ring is 1. The van der Waals surface area contributed by atoms with Crippen molar-refractivity contribution >= 4 is 34.9 Å². The summed E-state index contributed by atoms with van der Waals surface area (Å²) in [5.41, 5.74) is 8.98. The van der Waals surface area contributed by atoms with Crippen molar-refractivity contribution in [3.63, 3.8) is 0 Å². The van der Waals surface area contributed by atoms with Gasteiger partial charge in [0, 0.05) is 40.2 Å². The topological polar surface area (TPSA) is 134 Å². The number of aromatic nitrogens is 5. The summed E-state index contributed by atoms with van der Waals surface area (Å²) in [7, 11) is 0. The van der Waals surface area contributed by atoms with Gasteiger partial charge in [-0.2, -0.15) is 5.10 Å². The third kappa shape index (κ3) is 5.33. The first-order valence-corrected chi connectivity index (χ1v) is 12.3. The zero-order valence-electron chi connectivity index (χ0n) is 19.3. The Morgan fingerprint density at radius 2 is 2.06 bits per heavy atom. The number of nitrogens with one attached hydrogen (secondary N) is 3. The van der Waals surface area contributed by atoms with Gasteiger partial charge in [-0.05, 0) is 55.3 Å². The van der Waals surface area contributed by atoms with Gasteiger partial charge in [-0.3, -0.25) is 9.89 Å². The van der Waals surface area contributed by atoms with E-state index in [0.29, 0.717) is 38.4 Å². The number of anilines is 1. The Hall–Kier alpha value is -3.53. The van der Waals surface area contributed by atoms with E-state index in [9.17, 15) is 4.79 Å². The molecule has 0 unspecified atom stereocenters. The molecule has 0 radical (unpaired) electrons. The molecule has 1 saturated heterocycles. The second kappa shape index (κ2) is 10.6. The van der Waals surface area contributed by atoms with Crippen LogP contribution in [0, 0.1) is 0 Å². The van der Waals surface area contributed by atoms with Crippen molar-refractivity contribution in [2.24, 2.45) is 0 Å². The molecule has 4 aromatic rings. The van der Waals surface area contributed by atoms with Gasteiger partial charge in [-0.15, -0.1) is 0 Å². The maximum atomic E-state index is 12.8. The third-order valence-electron chi connectivity index (χ3n) is 6.07. The second-order valence-corrected chi connectivity index (χ2v) is 9.42. The SMILES string of the molecule is Nc1ncc(-c2cccc(C(=O)NCc3cc(Cl)ccc3Cl)c2)nc1-c1n[nH]c([C@H]2CCCNC2)n1. The van der Waals surface area contributed by atoms with Crippen molar-refractivity contribution < 1.29 is 4.79 Å². The predicted octanol–water partition coefficient (Wildman–Crippen LogP) is 4.21. The molecule has 2 aromatic carbocycles. The van der Waals surface area contributed by atoms with Crippen molar-refractivity contribution in [3.05, 3.63) is 75.7 Å². The van der Waals surface area contributed by atoms with Gasteiger partial charge in [0.2, 0.25) is 5.82 Å². The van der Waals surface area contributed by atoms with Crippen LogP contribution in [0.25, 0.3) is 22.8 Å². The summed E-state index contributed by atoms with van der Waals surface area (Å²) >= 11 is 12.2. The van der Waals surface area contributed by atoms with Gasteiger partial charge in [-0.1, -0.05) is 35.3 Å². The summed E-state index contributed by atoms with van der Waals surface area (Å²) < 4.78 is 0. The molecule has 9 nitrogen and oxygen atoms in total. The van der Waals surface area contributed by atoms with Crippen LogP contribution < -0.4 is 16.4 Å². The minimum Gasteiger partial charge on any atom is -0.382 e. The minimum atomic E-state index is -0.253. The molecule has 36 heavy (non-hydrogen) atoms. The number of nitrogens with zero attached hydrogens (tertiary/aromatic N) is 4. The lowest BCUT2D eigenvalue weighted by Gasteiger charge is -2.20. The molecule has 184 valence electrons. The number of carbonyl (C=O) groups is 1. The standard InChI is InChI=1S/C25H24Cl2N8O/c26-18-6-7-19(27)17(10-18)12-31-25(36)15-4-1-3-14(9-15)20-13-30-22(28)21(32-20)24-33-23(34-35-24)16-5-2-8-29-11-16/h1,3-4,6-7,9-10,13,16,29H,2,5,8,11-12H2,(H2,28,30)(H,31,36)(H,33,34,35)/t16-/m0/s1. The van der Waals surface area contributed by atoms with Gasteiger partial charge in [0.1, 0.15) is 5.82 Å². The number of halogens is 2. The van der Waals surface area contributed by atoms with Gasteiger partial charge < -0.3 is 16.4 Å². The highest BCUT2D eigenvalue weighted by Crippen LogP contribution is 2.27. The van der Waals surface area contributed by atoms with Gasteiger partial charge >= 0.3 is 0 Å². The fraction of sp³-hybridized carbons (Fsp3) is 0.240. The highest BCUT2D eigenvalue weighted by atomic mass is 35.5. The number of aromatic amines is 1. The van der Waals surface area contributed by atoms with E-state index < -0.39 is 0 Å². The molecule has 2 aromatic heterocycles. The first-order chi connectivity index (χ1) is 17.5. The Morgan fingerprint density at radius 3 is 2.89 bits per heavy atom. The van der Waals surface area contributed by atoms with Crippen LogP contribution in [-0.2, 0) is 6.54 Å². The van der Waals surface area contributed by atoms with E-state index in [4.69, 9.17) is 28.9 Å². The van der Waals surface area contributed by atoms with Crippen LogP contribution in [0.4, 0.5) is 5.82 Å². The summed E-state index contributed by atoms with van der Waals surface area (Å²) in [6.45, 7) is 2.12. The summed E-state index contributed by atoms with van der Waals surface area (Å²) in [5, 5.41) is 14.7. The van der Waals surface area contributed by atoms with E-state index in [1.165, 1.54) is 0 Å². The van der Waals surface area contributed by atoms with Gasteiger partial charge in [0.05, 0.1) is 11.9 Å². The van der Waals surface area contributed by atoms with Gasteiger partial charge in [0.15, 0.2) is 11.5 Å². The molecule has 1 fully saturated rings. The Kier molecular flexibility index (Phi) is 7.13. The number of H-pyrrole nitrogens is 1.